The highest BCUT2D eigenvalue weighted by Gasteiger charge is 2.05. The largest absolute Gasteiger partial charge is 0.495 e. The van der Waals surface area contributed by atoms with Crippen LogP contribution in [0.4, 0.5) is 5.69 Å². The van der Waals surface area contributed by atoms with Crippen LogP contribution in [0.15, 0.2) is 23.2 Å². The highest BCUT2D eigenvalue weighted by molar-refractivity contribution is 7.11. The van der Waals surface area contributed by atoms with E-state index in [-0.39, 0.29) is 0 Å². The van der Waals surface area contributed by atoms with E-state index in [0.29, 0.717) is 23.3 Å². The molecule has 2 rings (SSSR count). The fraction of sp³-hybridized carbons (Fsp3) is 0.333. The lowest BCUT2D eigenvalue weighted by atomic mass is 10.3. The number of nitrogens with zero attached hydrogens (tertiary/aromatic N) is 2. The second-order valence-electron chi connectivity index (χ2n) is 4.73. The van der Waals surface area contributed by atoms with Crippen LogP contribution in [-0.4, -0.2) is 24.6 Å². The van der Waals surface area contributed by atoms with Gasteiger partial charge in [0.15, 0.2) is 5.96 Å². The Hall–Kier alpha value is -1.79. The number of nitrogens with one attached hydrogen (secondary N) is 1. The summed E-state index contributed by atoms with van der Waals surface area (Å²) in [5, 5.41) is 4.62. The number of halogens is 1. The summed E-state index contributed by atoms with van der Waals surface area (Å²) in [6.45, 7) is 4.64. The highest BCUT2D eigenvalue weighted by Crippen LogP contribution is 2.27. The number of thiazole rings is 1. The van der Waals surface area contributed by atoms with Crippen LogP contribution in [0, 0.1) is 13.8 Å². The van der Waals surface area contributed by atoms with Gasteiger partial charge in [-0.3, -0.25) is 4.99 Å². The average Bonchev–Trinajstić information content (AvgIpc) is 2.77. The summed E-state index contributed by atoms with van der Waals surface area (Å²) < 4.78 is 5.11. The smallest absolute Gasteiger partial charge is 0.193 e. The van der Waals surface area contributed by atoms with Crippen LogP contribution in [0.1, 0.15) is 15.6 Å². The van der Waals surface area contributed by atoms with Crippen molar-refractivity contribution < 1.29 is 4.74 Å². The van der Waals surface area contributed by atoms with E-state index >= 15 is 0 Å². The zero-order valence-electron chi connectivity index (χ0n) is 12.8. The summed E-state index contributed by atoms with van der Waals surface area (Å²) in [5.41, 5.74) is 7.74. The van der Waals surface area contributed by atoms with Crippen molar-refractivity contribution >= 4 is 34.6 Å². The van der Waals surface area contributed by atoms with Gasteiger partial charge in [0.25, 0.3) is 0 Å². The molecule has 0 aliphatic heterocycles. The van der Waals surface area contributed by atoms with Gasteiger partial charge in [-0.05, 0) is 32.0 Å². The highest BCUT2D eigenvalue weighted by atomic mass is 35.5. The van der Waals surface area contributed by atoms with Crippen molar-refractivity contribution in [2.45, 2.75) is 20.3 Å². The predicted molar refractivity (Wildman–Crippen MR) is 93.4 cm³/mol. The lowest BCUT2D eigenvalue weighted by Crippen LogP contribution is -2.23. The Bertz CT molecular complexity index is 684. The molecule has 118 valence electrons. The van der Waals surface area contributed by atoms with Gasteiger partial charge in [-0.15, -0.1) is 11.3 Å². The van der Waals surface area contributed by atoms with Crippen LogP contribution in [0.3, 0.4) is 0 Å². The van der Waals surface area contributed by atoms with E-state index in [1.807, 2.05) is 19.9 Å². The lowest BCUT2D eigenvalue weighted by Gasteiger charge is -2.08. The van der Waals surface area contributed by atoms with Gasteiger partial charge >= 0.3 is 0 Å². The third-order valence-electron chi connectivity index (χ3n) is 3.04. The Morgan fingerprint density at radius 3 is 2.82 bits per heavy atom. The molecule has 1 aromatic heterocycles. The van der Waals surface area contributed by atoms with Crippen molar-refractivity contribution in [2.24, 2.45) is 10.7 Å². The van der Waals surface area contributed by atoms with Crippen molar-refractivity contribution in [3.05, 3.63) is 38.8 Å². The minimum absolute atomic E-state index is 0.361. The van der Waals surface area contributed by atoms with Gasteiger partial charge < -0.3 is 15.8 Å². The van der Waals surface area contributed by atoms with E-state index in [0.717, 1.165) is 22.8 Å². The summed E-state index contributed by atoms with van der Waals surface area (Å²) in [7, 11) is 1.58. The Kier molecular flexibility index (Phi) is 5.63. The van der Waals surface area contributed by atoms with Crippen LogP contribution in [0.5, 0.6) is 5.75 Å². The van der Waals surface area contributed by atoms with E-state index in [1.165, 1.54) is 4.88 Å². The van der Waals surface area contributed by atoms with Crippen LogP contribution in [0.25, 0.3) is 0 Å². The molecule has 0 radical (unpaired) electrons. The third kappa shape index (κ3) is 4.35. The summed E-state index contributed by atoms with van der Waals surface area (Å²) >= 11 is 7.77. The second kappa shape index (κ2) is 7.47. The number of aliphatic imine (C=N–C) groups is 1. The maximum atomic E-state index is 6.07. The number of hydrogen-bond acceptors (Lipinski definition) is 4. The Labute approximate surface area is 139 Å². The minimum Gasteiger partial charge on any atom is -0.495 e. The van der Waals surface area contributed by atoms with Crippen LogP contribution < -0.4 is 15.8 Å². The molecule has 0 fully saturated rings. The molecule has 1 heterocycles. The number of rotatable bonds is 5. The van der Waals surface area contributed by atoms with Gasteiger partial charge in [0.2, 0.25) is 0 Å². The van der Waals surface area contributed by atoms with E-state index in [4.69, 9.17) is 22.1 Å². The number of anilines is 1. The van der Waals surface area contributed by atoms with Gasteiger partial charge in [-0.1, -0.05) is 11.6 Å². The van der Waals surface area contributed by atoms with Crippen molar-refractivity contribution in [1.82, 2.24) is 4.98 Å². The molecule has 0 saturated heterocycles. The van der Waals surface area contributed by atoms with Gasteiger partial charge in [-0.2, -0.15) is 0 Å². The SMILES string of the molecule is COc1ccc(NC(N)=NCCc2sc(C)nc2C)cc1Cl. The fourth-order valence-electron chi connectivity index (χ4n) is 2.01. The van der Waals surface area contributed by atoms with Gasteiger partial charge in [-0.25, -0.2) is 4.98 Å². The van der Waals surface area contributed by atoms with Crippen molar-refractivity contribution in [3.8, 4) is 5.75 Å². The fourth-order valence-corrected chi connectivity index (χ4v) is 3.20. The zero-order chi connectivity index (χ0) is 16.1. The average molecular weight is 339 g/mol. The summed E-state index contributed by atoms with van der Waals surface area (Å²) in [6.07, 6.45) is 0.836. The number of methoxy groups -OCH3 is 1. The van der Waals surface area contributed by atoms with Crippen LogP contribution >= 0.6 is 22.9 Å². The molecule has 22 heavy (non-hydrogen) atoms. The maximum absolute atomic E-state index is 6.07. The van der Waals surface area contributed by atoms with Crippen LogP contribution in [-0.2, 0) is 6.42 Å². The molecule has 0 unspecified atom stereocenters. The molecule has 0 bridgehead atoms. The Morgan fingerprint density at radius 2 is 2.23 bits per heavy atom. The van der Waals surface area contributed by atoms with Crippen molar-refractivity contribution in [2.75, 3.05) is 19.0 Å². The third-order valence-corrected chi connectivity index (χ3v) is 4.47. The Morgan fingerprint density at radius 1 is 1.45 bits per heavy atom. The molecule has 0 spiro atoms. The van der Waals surface area contributed by atoms with Gasteiger partial charge in [0.05, 0.1) is 22.8 Å². The molecule has 2 aromatic rings. The predicted octanol–water partition coefficient (Wildman–Crippen LogP) is 3.39. The first-order chi connectivity index (χ1) is 10.5. The molecule has 7 heteroatoms. The monoisotopic (exact) mass is 338 g/mol. The normalized spacial score (nSPS) is 11.5. The van der Waals surface area contributed by atoms with E-state index in [1.54, 1.807) is 30.6 Å². The zero-order valence-corrected chi connectivity index (χ0v) is 14.4. The molecular weight excluding hydrogens is 320 g/mol. The molecular formula is C15H19ClN4OS. The quantitative estimate of drug-likeness (QED) is 0.647. The summed E-state index contributed by atoms with van der Waals surface area (Å²) in [4.78, 5) is 9.98. The van der Waals surface area contributed by atoms with E-state index in [2.05, 4.69) is 15.3 Å². The number of benzene rings is 1. The maximum Gasteiger partial charge on any atom is 0.193 e. The first-order valence-electron chi connectivity index (χ1n) is 6.83. The second-order valence-corrected chi connectivity index (χ2v) is 6.43. The van der Waals surface area contributed by atoms with Crippen molar-refractivity contribution in [3.63, 3.8) is 0 Å². The Balaban J connectivity index is 1.92. The number of nitrogens with two attached hydrogens (primary N) is 1. The minimum atomic E-state index is 0.361. The van der Waals surface area contributed by atoms with Gasteiger partial charge in [0.1, 0.15) is 5.75 Å². The van der Waals surface area contributed by atoms with Crippen molar-refractivity contribution in [1.29, 1.82) is 0 Å². The van der Waals surface area contributed by atoms with Gasteiger partial charge in [0, 0.05) is 23.5 Å². The van der Waals surface area contributed by atoms with Crippen LogP contribution in [0.2, 0.25) is 5.02 Å². The number of ether oxygens (including phenoxy) is 1. The number of hydrogen-bond donors (Lipinski definition) is 2. The molecule has 3 N–H and O–H groups in total. The topological polar surface area (TPSA) is 72.5 Å². The first kappa shape index (κ1) is 16.6. The number of guanidine groups is 1. The first-order valence-corrected chi connectivity index (χ1v) is 8.02. The molecule has 0 aliphatic carbocycles. The van der Waals surface area contributed by atoms with E-state index in [9.17, 15) is 0 Å². The standard InChI is InChI=1S/C15H19ClN4OS/c1-9-14(22-10(2)19-9)6-7-18-15(17)20-11-4-5-13(21-3)12(16)8-11/h4-5,8H,6-7H2,1-3H3,(H3,17,18,20). The molecule has 0 amide bonds. The lowest BCUT2D eigenvalue weighted by molar-refractivity contribution is 0.415. The van der Waals surface area contributed by atoms with E-state index < -0.39 is 0 Å². The molecule has 0 aliphatic rings. The number of aryl methyl sites for hydroxylation is 2. The summed E-state index contributed by atoms with van der Waals surface area (Å²) in [5.74, 6) is 0.985. The molecule has 1 aromatic carbocycles. The molecule has 0 saturated carbocycles. The molecule has 0 atom stereocenters. The summed E-state index contributed by atoms with van der Waals surface area (Å²) in [6, 6.07) is 5.37. The number of aromatic nitrogens is 1. The molecule has 5 nitrogen and oxygen atoms in total.